The molecule has 204 valence electrons. The van der Waals surface area contributed by atoms with E-state index in [1.807, 2.05) is 48.5 Å². The highest BCUT2D eigenvalue weighted by Gasteiger charge is 2.31. The topological polar surface area (TPSA) is 120 Å². The standard InChI is InChI=1S/C31H35N3O5/c1-31(2,3)39-28(35)18-27(29(36)33-17-16-20-12-14-21(32)15-13-20)34-30(37)38-19-26-24-10-6-4-8-22(24)23-9-5-7-11-25(23)26/h4-15,26-27H,16-19,32H2,1-3H3,(H,33,36)(H,34,37)/t27-/m0/s1. The van der Waals surface area contributed by atoms with Crippen LogP contribution in [0.1, 0.15) is 49.8 Å². The molecule has 0 aromatic heterocycles. The maximum absolute atomic E-state index is 13.0. The van der Waals surface area contributed by atoms with Gasteiger partial charge >= 0.3 is 12.1 Å². The molecule has 4 rings (SSSR count). The van der Waals surface area contributed by atoms with Crippen molar-refractivity contribution < 1.29 is 23.9 Å². The monoisotopic (exact) mass is 529 g/mol. The van der Waals surface area contributed by atoms with E-state index < -0.39 is 29.6 Å². The number of hydrogen-bond acceptors (Lipinski definition) is 6. The van der Waals surface area contributed by atoms with Gasteiger partial charge < -0.3 is 25.8 Å². The van der Waals surface area contributed by atoms with Gasteiger partial charge in [0.2, 0.25) is 5.91 Å². The first kappa shape index (κ1) is 27.7. The van der Waals surface area contributed by atoms with Crippen LogP contribution in [-0.2, 0) is 25.5 Å². The first-order chi connectivity index (χ1) is 18.6. The number of carbonyl (C=O) groups excluding carboxylic acids is 3. The molecule has 1 atom stereocenters. The van der Waals surface area contributed by atoms with Gasteiger partial charge in [-0.3, -0.25) is 9.59 Å². The van der Waals surface area contributed by atoms with Crippen molar-refractivity contribution in [1.82, 2.24) is 10.6 Å². The molecule has 39 heavy (non-hydrogen) atoms. The Labute approximate surface area is 228 Å². The third-order valence-corrected chi connectivity index (χ3v) is 6.44. The second kappa shape index (κ2) is 12.0. The summed E-state index contributed by atoms with van der Waals surface area (Å²) in [7, 11) is 0. The van der Waals surface area contributed by atoms with Gasteiger partial charge in [-0.25, -0.2) is 4.79 Å². The Balaban J connectivity index is 1.39. The minimum absolute atomic E-state index is 0.0950. The first-order valence-electron chi connectivity index (χ1n) is 13.1. The largest absolute Gasteiger partial charge is 0.460 e. The number of ether oxygens (including phenoxy) is 2. The molecule has 8 heteroatoms. The quantitative estimate of drug-likeness (QED) is 0.276. The van der Waals surface area contributed by atoms with Gasteiger partial charge in [0.25, 0.3) is 0 Å². The summed E-state index contributed by atoms with van der Waals surface area (Å²) < 4.78 is 11.0. The second-order valence-electron chi connectivity index (χ2n) is 10.6. The molecule has 0 saturated carbocycles. The van der Waals surface area contributed by atoms with Crippen LogP contribution in [0.2, 0.25) is 0 Å². The molecule has 0 aliphatic heterocycles. The smallest absolute Gasteiger partial charge is 0.407 e. The molecule has 2 amide bonds. The zero-order valence-electron chi connectivity index (χ0n) is 22.5. The molecular formula is C31H35N3O5. The van der Waals surface area contributed by atoms with Crippen LogP contribution in [0.4, 0.5) is 10.5 Å². The highest BCUT2D eigenvalue weighted by molar-refractivity contribution is 5.89. The van der Waals surface area contributed by atoms with E-state index in [2.05, 4.69) is 22.8 Å². The van der Waals surface area contributed by atoms with Crippen LogP contribution in [-0.4, -0.2) is 42.8 Å². The van der Waals surface area contributed by atoms with Crippen LogP contribution >= 0.6 is 0 Å². The molecule has 0 saturated heterocycles. The molecule has 0 spiro atoms. The molecule has 1 aliphatic rings. The lowest BCUT2D eigenvalue weighted by molar-refractivity contribution is -0.156. The van der Waals surface area contributed by atoms with E-state index in [4.69, 9.17) is 15.2 Å². The van der Waals surface area contributed by atoms with E-state index in [-0.39, 0.29) is 18.9 Å². The van der Waals surface area contributed by atoms with Gasteiger partial charge in [-0.15, -0.1) is 0 Å². The Hall–Kier alpha value is -4.33. The van der Waals surface area contributed by atoms with Crippen LogP contribution in [0.25, 0.3) is 11.1 Å². The molecule has 4 N–H and O–H groups in total. The fourth-order valence-corrected chi connectivity index (χ4v) is 4.68. The van der Waals surface area contributed by atoms with E-state index in [9.17, 15) is 14.4 Å². The van der Waals surface area contributed by atoms with Gasteiger partial charge in [-0.05, 0) is 67.1 Å². The highest BCUT2D eigenvalue weighted by Crippen LogP contribution is 2.44. The van der Waals surface area contributed by atoms with Gasteiger partial charge in [-0.1, -0.05) is 60.7 Å². The van der Waals surface area contributed by atoms with Crippen molar-refractivity contribution in [1.29, 1.82) is 0 Å². The second-order valence-corrected chi connectivity index (χ2v) is 10.6. The van der Waals surface area contributed by atoms with Crippen LogP contribution in [0, 0.1) is 0 Å². The number of alkyl carbamates (subject to hydrolysis) is 1. The minimum Gasteiger partial charge on any atom is -0.460 e. The van der Waals surface area contributed by atoms with Gasteiger partial charge in [0.05, 0.1) is 6.42 Å². The normalized spacial score (nSPS) is 13.1. The summed E-state index contributed by atoms with van der Waals surface area (Å²) in [6, 6.07) is 22.3. The molecule has 0 unspecified atom stereocenters. The van der Waals surface area contributed by atoms with Crippen LogP contribution < -0.4 is 16.4 Å². The van der Waals surface area contributed by atoms with Gasteiger partial charge in [0.15, 0.2) is 0 Å². The number of anilines is 1. The summed E-state index contributed by atoms with van der Waals surface area (Å²) in [5.74, 6) is -1.22. The predicted molar refractivity (Wildman–Crippen MR) is 150 cm³/mol. The third-order valence-electron chi connectivity index (χ3n) is 6.44. The number of benzene rings is 3. The lowest BCUT2D eigenvalue weighted by atomic mass is 9.98. The fourth-order valence-electron chi connectivity index (χ4n) is 4.68. The Morgan fingerprint density at radius 2 is 1.49 bits per heavy atom. The summed E-state index contributed by atoms with van der Waals surface area (Å²) in [5.41, 5.74) is 11.1. The van der Waals surface area contributed by atoms with Crippen molar-refractivity contribution in [3.05, 3.63) is 89.5 Å². The number of amides is 2. The molecule has 0 fully saturated rings. The van der Waals surface area contributed by atoms with E-state index in [0.29, 0.717) is 18.7 Å². The number of esters is 1. The van der Waals surface area contributed by atoms with Gasteiger partial charge in [0, 0.05) is 18.2 Å². The van der Waals surface area contributed by atoms with Crippen molar-refractivity contribution in [2.75, 3.05) is 18.9 Å². The number of fused-ring (bicyclic) bond motifs is 3. The third kappa shape index (κ3) is 7.37. The molecule has 1 aliphatic carbocycles. The van der Waals surface area contributed by atoms with E-state index >= 15 is 0 Å². The number of rotatable bonds is 9. The van der Waals surface area contributed by atoms with Crippen LogP contribution in [0.3, 0.4) is 0 Å². The first-order valence-corrected chi connectivity index (χ1v) is 13.1. The average molecular weight is 530 g/mol. The lowest BCUT2D eigenvalue weighted by Crippen LogP contribution is -2.49. The van der Waals surface area contributed by atoms with E-state index in [1.165, 1.54) is 0 Å². The Morgan fingerprint density at radius 1 is 0.897 bits per heavy atom. The van der Waals surface area contributed by atoms with E-state index in [1.54, 1.807) is 32.9 Å². The average Bonchev–Trinajstić information content (AvgIpc) is 3.21. The summed E-state index contributed by atoms with van der Waals surface area (Å²) in [6.07, 6.45) is -0.537. The number of hydrogen-bond donors (Lipinski definition) is 3. The molecule has 0 heterocycles. The predicted octanol–water partition coefficient (Wildman–Crippen LogP) is 4.57. The summed E-state index contributed by atoms with van der Waals surface area (Å²) in [4.78, 5) is 38.4. The van der Waals surface area contributed by atoms with Crippen LogP contribution in [0.15, 0.2) is 72.8 Å². The van der Waals surface area contributed by atoms with Crippen molar-refractivity contribution >= 4 is 23.7 Å². The summed E-state index contributed by atoms with van der Waals surface area (Å²) >= 11 is 0. The van der Waals surface area contributed by atoms with Gasteiger partial charge in [0.1, 0.15) is 18.2 Å². The maximum Gasteiger partial charge on any atom is 0.407 e. The van der Waals surface area contributed by atoms with Crippen molar-refractivity contribution in [3.8, 4) is 11.1 Å². The zero-order valence-corrected chi connectivity index (χ0v) is 22.5. The highest BCUT2D eigenvalue weighted by atomic mass is 16.6. The maximum atomic E-state index is 13.0. The fraction of sp³-hybridized carbons (Fsp3) is 0.323. The van der Waals surface area contributed by atoms with E-state index in [0.717, 1.165) is 27.8 Å². The number of nitrogens with one attached hydrogen (secondary N) is 2. The Kier molecular flexibility index (Phi) is 8.54. The van der Waals surface area contributed by atoms with Gasteiger partial charge in [-0.2, -0.15) is 0 Å². The molecule has 8 nitrogen and oxygen atoms in total. The molecule has 0 bridgehead atoms. The zero-order chi connectivity index (χ0) is 28.0. The van der Waals surface area contributed by atoms with Crippen molar-refractivity contribution in [2.24, 2.45) is 0 Å². The van der Waals surface area contributed by atoms with Crippen molar-refractivity contribution in [3.63, 3.8) is 0 Å². The Morgan fingerprint density at radius 3 is 2.08 bits per heavy atom. The summed E-state index contributed by atoms with van der Waals surface area (Å²) in [5, 5.41) is 5.37. The molecule has 3 aromatic rings. The molecule has 3 aromatic carbocycles. The summed E-state index contributed by atoms with van der Waals surface area (Å²) in [6.45, 7) is 5.64. The number of carbonyl (C=O) groups is 3. The Bertz CT molecular complexity index is 1290. The minimum atomic E-state index is -1.15. The van der Waals surface area contributed by atoms with Crippen molar-refractivity contribution in [2.45, 2.75) is 51.2 Å². The number of nitrogen functional groups attached to an aromatic ring is 1. The molecule has 0 radical (unpaired) electrons. The lowest BCUT2D eigenvalue weighted by Gasteiger charge is -2.23. The number of nitrogens with two attached hydrogens (primary N) is 1. The SMILES string of the molecule is CC(C)(C)OC(=O)C[C@H](NC(=O)OCC1c2ccccc2-c2ccccc21)C(=O)NCCc1ccc(N)cc1. The molecular weight excluding hydrogens is 494 g/mol. The van der Waals surface area contributed by atoms with Crippen LogP contribution in [0.5, 0.6) is 0 Å².